The van der Waals surface area contributed by atoms with Crippen molar-refractivity contribution in [2.45, 2.75) is 26.8 Å². The quantitative estimate of drug-likeness (QED) is 0.746. The van der Waals surface area contributed by atoms with E-state index in [0.717, 1.165) is 12.2 Å². The molecule has 3 aromatic rings. The molecule has 26 heavy (non-hydrogen) atoms. The van der Waals surface area contributed by atoms with Crippen LogP contribution in [0.4, 0.5) is 11.4 Å². The normalized spacial score (nSPS) is 10.9. The molecule has 0 fully saturated rings. The van der Waals surface area contributed by atoms with Crippen LogP contribution in [0.15, 0.2) is 63.8 Å². The molecule has 0 saturated heterocycles. The lowest BCUT2D eigenvalue weighted by Gasteiger charge is -2.27. The summed E-state index contributed by atoms with van der Waals surface area (Å²) >= 11 is 0. The second-order valence-electron chi connectivity index (χ2n) is 6.35. The van der Waals surface area contributed by atoms with Gasteiger partial charge in [0, 0.05) is 30.0 Å². The van der Waals surface area contributed by atoms with Crippen LogP contribution in [0.5, 0.6) is 0 Å². The smallest absolute Gasteiger partial charge is 0.291 e. The number of benzene rings is 2. The number of para-hydroxylation sites is 1. The molecule has 1 N–H and O–H groups in total. The number of hydrogen-bond acceptors (Lipinski definition) is 4. The number of nitrogens with zero attached hydrogens (tertiary/aromatic N) is 1. The Morgan fingerprint density at radius 3 is 2.46 bits per heavy atom. The van der Waals surface area contributed by atoms with E-state index in [1.54, 1.807) is 24.3 Å². The van der Waals surface area contributed by atoms with Gasteiger partial charge in [-0.1, -0.05) is 12.1 Å². The SMILES string of the molecule is CCN(c1ccc(NC(=O)c2cc(=O)c3ccccc3o2)cc1)C(C)C. The molecular weight excluding hydrogens is 328 g/mol. The van der Waals surface area contributed by atoms with Gasteiger partial charge in [-0.2, -0.15) is 0 Å². The third-order valence-corrected chi connectivity index (χ3v) is 4.28. The van der Waals surface area contributed by atoms with Gasteiger partial charge in [-0.15, -0.1) is 0 Å². The van der Waals surface area contributed by atoms with Crippen molar-refractivity contribution in [1.29, 1.82) is 0 Å². The number of nitrogens with one attached hydrogen (secondary N) is 1. The summed E-state index contributed by atoms with van der Waals surface area (Å²) in [5.74, 6) is -0.452. The van der Waals surface area contributed by atoms with E-state index in [0.29, 0.717) is 22.7 Å². The minimum atomic E-state index is -0.447. The van der Waals surface area contributed by atoms with Crippen LogP contribution in [0.2, 0.25) is 0 Å². The van der Waals surface area contributed by atoms with E-state index in [-0.39, 0.29) is 11.2 Å². The monoisotopic (exact) mass is 350 g/mol. The first-order valence-electron chi connectivity index (χ1n) is 8.70. The summed E-state index contributed by atoms with van der Waals surface area (Å²) in [6, 6.07) is 16.1. The van der Waals surface area contributed by atoms with Crippen LogP contribution in [0.1, 0.15) is 31.3 Å². The molecule has 0 radical (unpaired) electrons. The van der Waals surface area contributed by atoms with Crippen molar-refractivity contribution >= 4 is 28.3 Å². The summed E-state index contributed by atoms with van der Waals surface area (Å²) in [4.78, 5) is 26.8. The first-order chi connectivity index (χ1) is 12.5. The van der Waals surface area contributed by atoms with Crippen LogP contribution in [0, 0.1) is 0 Å². The second-order valence-corrected chi connectivity index (χ2v) is 6.35. The van der Waals surface area contributed by atoms with Crippen LogP contribution in [0.3, 0.4) is 0 Å². The fourth-order valence-corrected chi connectivity index (χ4v) is 2.99. The zero-order chi connectivity index (χ0) is 18.7. The van der Waals surface area contributed by atoms with Gasteiger partial charge in [-0.3, -0.25) is 9.59 Å². The van der Waals surface area contributed by atoms with Gasteiger partial charge in [0.1, 0.15) is 5.58 Å². The first-order valence-corrected chi connectivity index (χ1v) is 8.70. The van der Waals surface area contributed by atoms with E-state index in [2.05, 4.69) is 31.0 Å². The summed E-state index contributed by atoms with van der Waals surface area (Å²) < 4.78 is 5.57. The van der Waals surface area contributed by atoms with Crippen molar-refractivity contribution in [2.75, 3.05) is 16.8 Å². The van der Waals surface area contributed by atoms with Crippen molar-refractivity contribution in [3.8, 4) is 0 Å². The molecule has 1 amide bonds. The Kier molecular flexibility index (Phi) is 5.07. The van der Waals surface area contributed by atoms with Crippen LogP contribution >= 0.6 is 0 Å². The van der Waals surface area contributed by atoms with Gasteiger partial charge in [0.05, 0.1) is 5.39 Å². The topological polar surface area (TPSA) is 62.6 Å². The van der Waals surface area contributed by atoms with E-state index >= 15 is 0 Å². The molecule has 1 heterocycles. The molecule has 1 aromatic heterocycles. The molecular formula is C21H22N2O3. The Bertz CT molecular complexity index is 974. The zero-order valence-corrected chi connectivity index (χ0v) is 15.2. The summed E-state index contributed by atoms with van der Waals surface area (Å²) in [7, 11) is 0. The lowest BCUT2D eigenvalue weighted by molar-refractivity contribution is 0.0997. The molecule has 0 aliphatic rings. The Morgan fingerprint density at radius 2 is 1.81 bits per heavy atom. The average molecular weight is 350 g/mol. The number of rotatable bonds is 5. The number of carbonyl (C=O) groups excluding carboxylic acids is 1. The Hall–Kier alpha value is -3.08. The standard InChI is InChI=1S/C21H22N2O3/c1-4-23(14(2)3)16-11-9-15(10-12-16)22-21(25)20-13-18(24)17-7-5-6-8-19(17)26-20/h5-14H,4H2,1-3H3,(H,22,25). The van der Waals surface area contributed by atoms with Crippen molar-refractivity contribution < 1.29 is 9.21 Å². The van der Waals surface area contributed by atoms with Crippen LogP contribution < -0.4 is 15.6 Å². The van der Waals surface area contributed by atoms with E-state index in [9.17, 15) is 9.59 Å². The molecule has 3 rings (SSSR count). The predicted octanol–water partition coefficient (Wildman–Crippen LogP) is 4.28. The summed E-state index contributed by atoms with van der Waals surface area (Å²) in [5.41, 5.74) is 1.91. The summed E-state index contributed by atoms with van der Waals surface area (Å²) in [6.45, 7) is 7.30. The lowest BCUT2D eigenvalue weighted by atomic mass is 10.2. The van der Waals surface area contributed by atoms with Gasteiger partial charge in [0.15, 0.2) is 11.2 Å². The maximum absolute atomic E-state index is 12.4. The van der Waals surface area contributed by atoms with Gasteiger partial charge < -0.3 is 14.6 Å². The van der Waals surface area contributed by atoms with Crippen LogP contribution in [-0.4, -0.2) is 18.5 Å². The highest BCUT2D eigenvalue weighted by atomic mass is 16.3. The van der Waals surface area contributed by atoms with Crippen molar-refractivity contribution in [2.24, 2.45) is 0 Å². The fourth-order valence-electron chi connectivity index (χ4n) is 2.99. The zero-order valence-electron chi connectivity index (χ0n) is 15.2. The molecule has 5 heteroatoms. The lowest BCUT2D eigenvalue weighted by Crippen LogP contribution is -2.30. The maximum Gasteiger partial charge on any atom is 0.291 e. The number of fused-ring (bicyclic) bond motifs is 1. The van der Waals surface area contributed by atoms with Crippen molar-refractivity contribution in [3.63, 3.8) is 0 Å². The highest BCUT2D eigenvalue weighted by Crippen LogP contribution is 2.20. The maximum atomic E-state index is 12.4. The molecule has 0 aliphatic heterocycles. The Morgan fingerprint density at radius 1 is 1.12 bits per heavy atom. The number of hydrogen-bond donors (Lipinski definition) is 1. The van der Waals surface area contributed by atoms with Crippen LogP contribution in [0.25, 0.3) is 11.0 Å². The van der Waals surface area contributed by atoms with E-state index in [1.165, 1.54) is 6.07 Å². The average Bonchev–Trinajstić information content (AvgIpc) is 2.63. The highest BCUT2D eigenvalue weighted by molar-refractivity contribution is 6.03. The van der Waals surface area contributed by atoms with E-state index < -0.39 is 5.91 Å². The largest absolute Gasteiger partial charge is 0.451 e. The van der Waals surface area contributed by atoms with Crippen molar-refractivity contribution in [3.05, 3.63) is 70.6 Å². The third kappa shape index (κ3) is 3.61. The Labute approximate surface area is 152 Å². The summed E-state index contributed by atoms with van der Waals surface area (Å²) in [5, 5.41) is 3.23. The fraction of sp³-hybridized carbons (Fsp3) is 0.238. The van der Waals surface area contributed by atoms with E-state index in [4.69, 9.17) is 4.42 Å². The third-order valence-electron chi connectivity index (χ3n) is 4.28. The van der Waals surface area contributed by atoms with Gasteiger partial charge in [0.25, 0.3) is 5.91 Å². The molecule has 0 unspecified atom stereocenters. The molecule has 2 aromatic carbocycles. The Balaban J connectivity index is 1.81. The van der Waals surface area contributed by atoms with Crippen LogP contribution in [-0.2, 0) is 0 Å². The van der Waals surface area contributed by atoms with E-state index in [1.807, 2.05) is 24.3 Å². The minimum absolute atomic E-state index is 0.00450. The summed E-state index contributed by atoms with van der Waals surface area (Å²) in [6.07, 6.45) is 0. The second kappa shape index (κ2) is 7.44. The predicted molar refractivity (Wildman–Crippen MR) is 105 cm³/mol. The molecule has 134 valence electrons. The number of anilines is 2. The van der Waals surface area contributed by atoms with Gasteiger partial charge in [-0.25, -0.2) is 0 Å². The molecule has 0 spiro atoms. The molecule has 0 aliphatic carbocycles. The highest BCUT2D eigenvalue weighted by Gasteiger charge is 2.13. The van der Waals surface area contributed by atoms with Gasteiger partial charge in [0.2, 0.25) is 0 Å². The molecule has 0 atom stereocenters. The van der Waals surface area contributed by atoms with Gasteiger partial charge >= 0.3 is 0 Å². The molecule has 0 bridgehead atoms. The first kappa shape index (κ1) is 17.7. The molecule has 0 saturated carbocycles. The molecule has 5 nitrogen and oxygen atoms in total. The number of carbonyl (C=O) groups is 1. The number of amides is 1. The minimum Gasteiger partial charge on any atom is -0.451 e. The van der Waals surface area contributed by atoms with Crippen molar-refractivity contribution in [1.82, 2.24) is 0 Å². The van der Waals surface area contributed by atoms with Gasteiger partial charge in [-0.05, 0) is 57.2 Å².